The molecule has 0 spiro atoms. The summed E-state index contributed by atoms with van der Waals surface area (Å²) in [6.45, 7) is 0. The van der Waals surface area contributed by atoms with Gasteiger partial charge in [-0.1, -0.05) is 0 Å². The lowest BCUT2D eigenvalue weighted by molar-refractivity contribution is -0.0770. The summed E-state index contributed by atoms with van der Waals surface area (Å²) in [7, 11) is 0. The number of benzene rings is 2. The van der Waals surface area contributed by atoms with E-state index in [1.54, 1.807) is 6.07 Å². The lowest BCUT2D eigenvalue weighted by Crippen LogP contribution is -2.40. The Morgan fingerprint density at radius 3 is 2.14 bits per heavy atom. The molecular formula is C15H12O6. The fourth-order valence-corrected chi connectivity index (χ4v) is 2.83. The Balaban J connectivity index is 1.88. The van der Waals surface area contributed by atoms with Crippen LogP contribution in [-0.4, -0.2) is 26.5 Å². The van der Waals surface area contributed by atoms with Crippen molar-refractivity contribution in [3.63, 3.8) is 0 Å². The van der Waals surface area contributed by atoms with Crippen molar-refractivity contribution in [2.24, 2.45) is 0 Å². The van der Waals surface area contributed by atoms with Gasteiger partial charge in [0.1, 0.15) is 23.4 Å². The van der Waals surface area contributed by atoms with E-state index in [0.29, 0.717) is 22.6 Å². The van der Waals surface area contributed by atoms with E-state index in [1.165, 1.54) is 24.3 Å². The topological polar surface area (TPSA) is 99.4 Å². The van der Waals surface area contributed by atoms with E-state index in [1.807, 2.05) is 0 Å². The van der Waals surface area contributed by atoms with Crippen LogP contribution in [0.2, 0.25) is 0 Å². The highest BCUT2D eigenvalue weighted by atomic mass is 16.5. The summed E-state index contributed by atoms with van der Waals surface area (Å²) in [4.78, 5) is 0. The maximum absolute atomic E-state index is 10.4. The predicted octanol–water partition coefficient (Wildman–Crippen LogP) is 1.73. The number of hydrogen-bond acceptors (Lipinski definition) is 6. The first kappa shape index (κ1) is 12.2. The van der Waals surface area contributed by atoms with Gasteiger partial charge in [-0.05, 0) is 18.2 Å². The maximum Gasteiger partial charge on any atom is 0.161 e. The fourth-order valence-electron chi connectivity index (χ4n) is 2.83. The Morgan fingerprint density at radius 2 is 1.38 bits per heavy atom. The molecule has 2 aromatic carbocycles. The quantitative estimate of drug-likeness (QED) is 0.551. The van der Waals surface area contributed by atoms with Gasteiger partial charge in [0, 0.05) is 23.3 Å². The molecule has 6 nitrogen and oxygen atoms in total. The molecule has 4 N–H and O–H groups in total. The minimum Gasteiger partial charge on any atom is -0.508 e. The second-order valence-electron chi connectivity index (χ2n) is 5.17. The monoisotopic (exact) mass is 288 g/mol. The number of aromatic hydroxyl groups is 3. The van der Waals surface area contributed by atoms with E-state index in [2.05, 4.69) is 0 Å². The van der Waals surface area contributed by atoms with Gasteiger partial charge >= 0.3 is 0 Å². The fraction of sp³-hybridized carbons (Fsp3) is 0.200. The van der Waals surface area contributed by atoms with Crippen molar-refractivity contribution < 1.29 is 29.9 Å². The van der Waals surface area contributed by atoms with Gasteiger partial charge in [0.05, 0.1) is 0 Å². The average Bonchev–Trinajstić information content (AvgIpc) is 2.43. The second-order valence-corrected chi connectivity index (χ2v) is 5.17. The van der Waals surface area contributed by atoms with Gasteiger partial charge in [-0.15, -0.1) is 0 Å². The number of rotatable bonds is 0. The average molecular weight is 288 g/mol. The molecule has 0 fully saturated rings. The van der Waals surface area contributed by atoms with Gasteiger partial charge in [0.15, 0.2) is 23.7 Å². The number of aliphatic hydroxyl groups excluding tert-OH is 1. The first-order chi connectivity index (χ1) is 10.0. The van der Waals surface area contributed by atoms with E-state index >= 15 is 0 Å². The van der Waals surface area contributed by atoms with E-state index in [9.17, 15) is 20.4 Å². The molecule has 0 amide bonds. The zero-order chi connectivity index (χ0) is 14.7. The Hall–Kier alpha value is -2.60. The molecule has 108 valence electrons. The van der Waals surface area contributed by atoms with Gasteiger partial charge in [-0.2, -0.15) is 0 Å². The molecule has 2 heterocycles. The molecule has 21 heavy (non-hydrogen) atoms. The van der Waals surface area contributed by atoms with Crippen LogP contribution >= 0.6 is 0 Å². The number of phenolic OH excluding ortho intramolecular Hbond substituents is 3. The molecule has 2 aliphatic rings. The molecule has 0 saturated heterocycles. The van der Waals surface area contributed by atoms with Crippen LogP contribution in [0.1, 0.15) is 23.3 Å². The van der Waals surface area contributed by atoms with Crippen LogP contribution in [0.4, 0.5) is 0 Å². The predicted molar refractivity (Wildman–Crippen MR) is 70.6 cm³/mol. The smallest absolute Gasteiger partial charge is 0.161 e. The Kier molecular flexibility index (Phi) is 2.29. The molecule has 0 aliphatic carbocycles. The van der Waals surface area contributed by atoms with Crippen LogP contribution in [0.5, 0.6) is 28.7 Å². The molecule has 2 bridgehead atoms. The minimum absolute atomic E-state index is 0.0528. The summed E-state index contributed by atoms with van der Waals surface area (Å²) in [5, 5.41) is 39.1. The largest absolute Gasteiger partial charge is 0.508 e. The lowest BCUT2D eigenvalue weighted by atomic mass is 9.89. The molecule has 0 radical (unpaired) electrons. The Labute approximate surface area is 119 Å². The lowest BCUT2D eigenvalue weighted by Gasteiger charge is -2.41. The first-order valence-corrected chi connectivity index (χ1v) is 6.45. The maximum atomic E-state index is 10.4. The van der Waals surface area contributed by atoms with Crippen molar-refractivity contribution >= 4 is 0 Å². The summed E-state index contributed by atoms with van der Waals surface area (Å²) in [6.07, 6.45) is -2.34. The molecule has 3 atom stereocenters. The van der Waals surface area contributed by atoms with Crippen molar-refractivity contribution in [2.75, 3.05) is 0 Å². The normalized spacial score (nSPS) is 25.3. The number of aliphatic hydroxyl groups is 1. The van der Waals surface area contributed by atoms with Crippen molar-refractivity contribution in [3.8, 4) is 28.7 Å². The highest BCUT2D eigenvalue weighted by Gasteiger charge is 2.45. The van der Waals surface area contributed by atoms with Gasteiger partial charge in [0.2, 0.25) is 0 Å². The third-order valence-corrected chi connectivity index (χ3v) is 3.85. The number of hydrogen-bond donors (Lipinski definition) is 4. The van der Waals surface area contributed by atoms with Crippen molar-refractivity contribution in [1.29, 1.82) is 0 Å². The number of fused-ring (bicyclic) bond motifs is 6. The first-order valence-electron chi connectivity index (χ1n) is 6.45. The zero-order valence-electron chi connectivity index (χ0n) is 10.7. The molecule has 2 aromatic rings. The van der Waals surface area contributed by atoms with Crippen LogP contribution in [0.15, 0.2) is 30.3 Å². The van der Waals surface area contributed by atoms with Crippen LogP contribution in [-0.2, 0) is 0 Å². The molecule has 6 heteroatoms. The van der Waals surface area contributed by atoms with Gasteiger partial charge in [-0.25, -0.2) is 0 Å². The Morgan fingerprint density at radius 1 is 0.762 bits per heavy atom. The molecule has 2 aliphatic heterocycles. The van der Waals surface area contributed by atoms with Crippen molar-refractivity contribution in [3.05, 3.63) is 41.5 Å². The number of ether oxygens (including phenoxy) is 2. The Bertz CT molecular complexity index is 741. The van der Waals surface area contributed by atoms with Crippen LogP contribution in [0.3, 0.4) is 0 Å². The summed E-state index contributed by atoms with van der Waals surface area (Å²) in [5.74, 6) is 0.220. The summed E-state index contributed by atoms with van der Waals surface area (Å²) >= 11 is 0. The third-order valence-electron chi connectivity index (χ3n) is 3.85. The molecule has 0 aromatic heterocycles. The third kappa shape index (κ3) is 1.62. The molecule has 4 rings (SSSR count). The number of phenols is 3. The molecule has 1 unspecified atom stereocenters. The van der Waals surface area contributed by atoms with E-state index in [-0.39, 0.29) is 17.2 Å². The van der Waals surface area contributed by atoms with Crippen molar-refractivity contribution in [2.45, 2.75) is 18.3 Å². The van der Waals surface area contributed by atoms with E-state index in [4.69, 9.17) is 9.47 Å². The van der Waals surface area contributed by atoms with Gasteiger partial charge < -0.3 is 29.9 Å². The van der Waals surface area contributed by atoms with Crippen LogP contribution < -0.4 is 9.47 Å². The van der Waals surface area contributed by atoms with Crippen LogP contribution in [0, 0.1) is 0 Å². The summed E-state index contributed by atoms with van der Waals surface area (Å²) < 4.78 is 11.5. The molecular weight excluding hydrogens is 276 g/mol. The van der Waals surface area contributed by atoms with E-state index < -0.39 is 18.3 Å². The van der Waals surface area contributed by atoms with Gasteiger partial charge in [-0.3, -0.25) is 0 Å². The second kappa shape index (κ2) is 3.95. The zero-order valence-corrected chi connectivity index (χ0v) is 10.7. The highest BCUT2D eigenvalue weighted by Crippen LogP contribution is 2.52. The SMILES string of the molecule is Oc1ccc2c(c1)O[C@H]1c3cc(O)c(O)cc3O[C@@H]2C1O. The van der Waals surface area contributed by atoms with Crippen molar-refractivity contribution in [1.82, 2.24) is 0 Å². The van der Waals surface area contributed by atoms with Gasteiger partial charge in [0.25, 0.3) is 0 Å². The molecule has 0 saturated carbocycles. The van der Waals surface area contributed by atoms with Crippen LogP contribution in [0.25, 0.3) is 0 Å². The standard InChI is InChI=1S/C15H12O6/c16-6-1-2-7-11(3-6)20-15-8-4-9(17)10(18)5-12(8)21-14(7)13(15)19/h1-5,13-19H/t13?,14-,15-/m0/s1. The highest BCUT2D eigenvalue weighted by molar-refractivity contribution is 5.54. The van der Waals surface area contributed by atoms with E-state index in [0.717, 1.165) is 0 Å². The summed E-state index contributed by atoms with van der Waals surface area (Å²) in [6, 6.07) is 7.17. The summed E-state index contributed by atoms with van der Waals surface area (Å²) in [5.41, 5.74) is 1.07. The minimum atomic E-state index is -0.946.